The highest BCUT2D eigenvalue weighted by molar-refractivity contribution is 9.10. The van der Waals surface area contributed by atoms with E-state index in [2.05, 4.69) is 21.2 Å². The lowest BCUT2D eigenvalue weighted by atomic mass is 10.1. The molecular weight excluding hydrogens is 614 g/mol. The average Bonchev–Trinajstić information content (AvgIpc) is 2.93. The van der Waals surface area contributed by atoms with Gasteiger partial charge in [0, 0.05) is 22.6 Å². The Labute approximate surface area is 250 Å². The van der Waals surface area contributed by atoms with Gasteiger partial charge in [-0.15, -0.1) is 0 Å². The van der Waals surface area contributed by atoms with E-state index < -0.39 is 28.5 Å². The molecular formula is C30H35BrClN3O4S. The summed E-state index contributed by atoms with van der Waals surface area (Å²) in [7, 11) is -4.12. The van der Waals surface area contributed by atoms with Crippen molar-refractivity contribution in [3.8, 4) is 0 Å². The Balaban J connectivity index is 2.04. The van der Waals surface area contributed by atoms with E-state index in [4.69, 9.17) is 11.6 Å². The first-order chi connectivity index (χ1) is 19.1. The number of rotatable bonds is 13. The summed E-state index contributed by atoms with van der Waals surface area (Å²) < 4.78 is 29.6. The minimum absolute atomic E-state index is 0.0525. The van der Waals surface area contributed by atoms with Crippen molar-refractivity contribution >= 4 is 55.1 Å². The average molecular weight is 649 g/mol. The van der Waals surface area contributed by atoms with Crippen LogP contribution in [0.15, 0.2) is 82.2 Å². The van der Waals surface area contributed by atoms with E-state index in [0.29, 0.717) is 29.2 Å². The molecule has 1 N–H and O–H groups in total. The van der Waals surface area contributed by atoms with Gasteiger partial charge >= 0.3 is 0 Å². The summed E-state index contributed by atoms with van der Waals surface area (Å²) in [6.07, 6.45) is 2.07. The molecule has 0 heterocycles. The van der Waals surface area contributed by atoms with Gasteiger partial charge in [-0.25, -0.2) is 8.42 Å². The second-order valence-corrected chi connectivity index (χ2v) is 12.7. The van der Waals surface area contributed by atoms with Crippen LogP contribution in [0.1, 0.15) is 44.2 Å². The lowest BCUT2D eigenvalue weighted by Crippen LogP contribution is -2.52. The zero-order chi connectivity index (χ0) is 29.3. The Kier molecular flexibility index (Phi) is 11.6. The maximum Gasteiger partial charge on any atom is 0.264 e. The highest BCUT2D eigenvalue weighted by Gasteiger charge is 2.33. The van der Waals surface area contributed by atoms with Crippen molar-refractivity contribution in [2.24, 2.45) is 0 Å². The maximum atomic E-state index is 14.1. The largest absolute Gasteiger partial charge is 0.354 e. The molecule has 3 aromatic rings. The molecule has 1 atom stereocenters. The topological polar surface area (TPSA) is 86.8 Å². The summed E-state index contributed by atoms with van der Waals surface area (Å²) in [6, 6.07) is 19.5. The molecule has 7 nitrogen and oxygen atoms in total. The third-order valence-electron chi connectivity index (χ3n) is 6.52. The van der Waals surface area contributed by atoms with E-state index in [9.17, 15) is 18.0 Å². The zero-order valence-electron chi connectivity index (χ0n) is 22.9. The summed E-state index contributed by atoms with van der Waals surface area (Å²) >= 11 is 9.82. The van der Waals surface area contributed by atoms with Crippen molar-refractivity contribution in [3.05, 3.63) is 93.4 Å². The van der Waals surface area contributed by atoms with Crippen molar-refractivity contribution in [3.63, 3.8) is 0 Å². The van der Waals surface area contributed by atoms with Crippen LogP contribution in [0.2, 0.25) is 5.02 Å². The number of hydrogen-bond donors (Lipinski definition) is 1. The molecule has 0 radical (unpaired) electrons. The first-order valence-electron chi connectivity index (χ1n) is 13.2. The monoisotopic (exact) mass is 647 g/mol. The van der Waals surface area contributed by atoms with Crippen LogP contribution in [0.4, 0.5) is 5.69 Å². The van der Waals surface area contributed by atoms with Crippen molar-refractivity contribution in [1.82, 2.24) is 10.2 Å². The Bertz CT molecular complexity index is 1400. The van der Waals surface area contributed by atoms with Crippen molar-refractivity contribution in [2.45, 2.75) is 57.5 Å². The number of aryl methyl sites for hydroxylation is 1. The van der Waals surface area contributed by atoms with Crippen LogP contribution in [0, 0.1) is 6.92 Å². The van der Waals surface area contributed by atoms with Gasteiger partial charge in [-0.3, -0.25) is 13.9 Å². The van der Waals surface area contributed by atoms with Crippen LogP contribution in [0.3, 0.4) is 0 Å². The molecule has 0 aliphatic rings. The molecule has 0 aliphatic heterocycles. The number of anilines is 1. The molecule has 3 aromatic carbocycles. The molecule has 3 rings (SSSR count). The van der Waals surface area contributed by atoms with Crippen LogP contribution in [0.25, 0.3) is 0 Å². The van der Waals surface area contributed by atoms with E-state index in [1.54, 1.807) is 54.6 Å². The van der Waals surface area contributed by atoms with E-state index in [-0.39, 0.29) is 17.3 Å². The highest BCUT2D eigenvalue weighted by Crippen LogP contribution is 2.27. The molecule has 40 heavy (non-hydrogen) atoms. The SMILES string of the molecule is CCCCNC(=O)C(CC)N(Cc1ccccc1Cl)C(=O)CN(c1ccc(Br)cc1)S(=O)(=O)c1ccc(C)cc1. The Morgan fingerprint density at radius 1 is 0.975 bits per heavy atom. The number of carbonyl (C=O) groups excluding carboxylic acids is 2. The third-order valence-corrected chi connectivity index (χ3v) is 9.20. The summed E-state index contributed by atoms with van der Waals surface area (Å²) in [6.45, 7) is 5.77. The number of nitrogens with zero attached hydrogens (tertiary/aromatic N) is 2. The van der Waals surface area contributed by atoms with Gasteiger partial charge in [0.2, 0.25) is 11.8 Å². The molecule has 0 aromatic heterocycles. The van der Waals surface area contributed by atoms with Gasteiger partial charge < -0.3 is 10.2 Å². The van der Waals surface area contributed by atoms with E-state index in [0.717, 1.165) is 27.2 Å². The van der Waals surface area contributed by atoms with Gasteiger partial charge in [0.15, 0.2) is 0 Å². The minimum atomic E-state index is -4.12. The van der Waals surface area contributed by atoms with Crippen LogP contribution >= 0.6 is 27.5 Å². The van der Waals surface area contributed by atoms with E-state index in [1.165, 1.54) is 17.0 Å². The maximum absolute atomic E-state index is 14.1. The first kappa shape index (κ1) is 31.6. The van der Waals surface area contributed by atoms with E-state index in [1.807, 2.05) is 26.8 Å². The van der Waals surface area contributed by atoms with Crippen LogP contribution in [-0.2, 0) is 26.2 Å². The van der Waals surface area contributed by atoms with Crippen LogP contribution in [-0.4, -0.2) is 44.3 Å². The molecule has 0 saturated carbocycles. The molecule has 2 amide bonds. The number of amides is 2. The second-order valence-electron chi connectivity index (χ2n) is 9.48. The molecule has 0 bridgehead atoms. The number of hydrogen-bond acceptors (Lipinski definition) is 4. The zero-order valence-corrected chi connectivity index (χ0v) is 26.1. The van der Waals surface area contributed by atoms with Gasteiger partial charge in [0.25, 0.3) is 10.0 Å². The van der Waals surface area contributed by atoms with Crippen molar-refractivity contribution in [1.29, 1.82) is 0 Å². The number of unbranched alkanes of at least 4 members (excludes halogenated alkanes) is 1. The summed E-state index contributed by atoms with van der Waals surface area (Å²) in [5, 5.41) is 3.38. The third kappa shape index (κ3) is 8.08. The Hall–Kier alpha value is -2.88. The summed E-state index contributed by atoms with van der Waals surface area (Å²) in [5.41, 5.74) is 1.90. The van der Waals surface area contributed by atoms with Gasteiger partial charge in [0.1, 0.15) is 12.6 Å². The van der Waals surface area contributed by atoms with Gasteiger partial charge in [-0.05, 0) is 67.8 Å². The molecule has 0 saturated heterocycles. The fourth-order valence-electron chi connectivity index (χ4n) is 4.21. The first-order valence-corrected chi connectivity index (χ1v) is 15.8. The molecule has 214 valence electrons. The molecule has 1 unspecified atom stereocenters. The van der Waals surface area contributed by atoms with E-state index >= 15 is 0 Å². The number of sulfonamides is 1. The molecule has 0 aliphatic carbocycles. The highest BCUT2D eigenvalue weighted by atomic mass is 79.9. The van der Waals surface area contributed by atoms with Gasteiger partial charge in [-0.1, -0.05) is 83.7 Å². The molecule has 0 fully saturated rings. The Morgan fingerprint density at radius 3 is 2.23 bits per heavy atom. The second kappa shape index (κ2) is 14.7. The number of benzene rings is 3. The number of nitrogens with one attached hydrogen (secondary N) is 1. The van der Waals surface area contributed by atoms with Crippen LogP contribution < -0.4 is 9.62 Å². The molecule has 10 heteroatoms. The fourth-order valence-corrected chi connectivity index (χ4v) is 6.08. The number of halogens is 2. The number of carbonyl (C=O) groups is 2. The lowest BCUT2D eigenvalue weighted by molar-refractivity contribution is -0.140. The summed E-state index contributed by atoms with van der Waals surface area (Å²) in [5.74, 6) is -0.802. The van der Waals surface area contributed by atoms with Crippen molar-refractivity contribution < 1.29 is 18.0 Å². The van der Waals surface area contributed by atoms with Crippen molar-refractivity contribution in [2.75, 3.05) is 17.4 Å². The molecule has 0 spiro atoms. The summed E-state index contributed by atoms with van der Waals surface area (Å²) in [4.78, 5) is 28.8. The predicted octanol–water partition coefficient (Wildman–Crippen LogP) is 6.33. The fraction of sp³-hybridized carbons (Fsp3) is 0.333. The predicted molar refractivity (Wildman–Crippen MR) is 164 cm³/mol. The van der Waals surface area contributed by atoms with Gasteiger partial charge in [-0.2, -0.15) is 0 Å². The quantitative estimate of drug-likeness (QED) is 0.220. The normalized spacial score (nSPS) is 12.0. The minimum Gasteiger partial charge on any atom is -0.354 e. The van der Waals surface area contributed by atoms with Gasteiger partial charge in [0.05, 0.1) is 10.6 Å². The standard InChI is InChI=1S/C30H35BrClN3O4S/c1-4-6-19-33-30(37)28(5-2)34(20-23-9-7-8-10-27(23)32)29(36)21-35(25-15-13-24(31)14-16-25)40(38,39)26-17-11-22(3)12-18-26/h7-18,28H,4-6,19-21H2,1-3H3,(H,33,37). The lowest BCUT2D eigenvalue weighted by Gasteiger charge is -2.33. The Morgan fingerprint density at radius 2 is 1.62 bits per heavy atom. The smallest absolute Gasteiger partial charge is 0.264 e. The van der Waals surface area contributed by atoms with Crippen LogP contribution in [0.5, 0.6) is 0 Å².